The molecule has 0 saturated heterocycles. The maximum atomic E-state index is 6.02. The third-order valence-electron chi connectivity index (χ3n) is 7.73. The Bertz CT molecular complexity index is 1540. The third kappa shape index (κ3) is 8.63. The molecule has 8 nitrogen and oxygen atoms in total. The van der Waals surface area contributed by atoms with Crippen molar-refractivity contribution in [2.45, 2.75) is 41.5 Å². The Morgan fingerprint density at radius 3 is 1.08 bits per heavy atom. The molecule has 0 unspecified atom stereocenters. The average Bonchev–Trinajstić information content (AvgIpc) is 3.09. The molecule has 0 atom stereocenters. The zero-order chi connectivity index (χ0) is 34.6. The molecule has 4 aromatic rings. The van der Waals surface area contributed by atoms with Gasteiger partial charge in [-0.1, -0.05) is 48.6 Å². The summed E-state index contributed by atoms with van der Waals surface area (Å²) in [5.41, 5.74) is 7.90. The fourth-order valence-corrected chi connectivity index (χ4v) is 10.1. The molecule has 4 rings (SSSR count). The number of fused-ring (bicyclic) bond motifs is 2. The largest absolute Gasteiger partial charge is 0.529 e. The quantitative estimate of drug-likeness (QED) is 0.0904. The zero-order valence-corrected chi connectivity index (χ0v) is 31.6. The summed E-state index contributed by atoms with van der Waals surface area (Å²) in [7, 11) is -2.48. The molecule has 0 aliphatic heterocycles. The standard InChI is InChI=1S/C38H50O8Si2/c1-9-41-47(42-10-2,43-11-3)25-23-29-15-19-33-31(27-29)17-21-35(39-7)37(33)38-34-20-16-30(28-32(34)18-22-36(38)40-8)24-26-48(44-12-4,45-13-5)46-14-6/h15-28H,9-14H2,1-8H3/b25-23+,26-24+. The minimum absolute atomic E-state index is 0.512. The van der Waals surface area contributed by atoms with Crippen LogP contribution in [0.15, 0.2) is 72.1 Å². The van der Waals surface area contributed by atoms with Gasteiger partial charge in [-0.05, 0) is 110 Å². The van der Waals surface area contributed by atoms with E-state index in [-0.39, 0.29) is 0 Å². The van der Waals surface area contributed by atoms with Crippen molar-refractivity contribution in [1.29, 1.82) is 0 Å². The monoisotopic (exact) mass is 690 g/mol. The summed E-state index contributed by atoms with van der Waals surface area (Å²) in [6.45, 7) is 14.8. The van der Waals surface area contributed by atoms with E-state index in [4.69, 9.17) is 36.0 Å². The molecule has 48 heavy (non-hydrogen) atoms. The highest BCUT2D eigenvalue weighted by Crippen LogP contribution is 2.45. The maximum absolute atomic E-state index is 6.02. The lowest BCUT2D eigenvalue weighted by atomic mass is 9.91. The van der Waals surface area contributed by atoms with Crippen LogP contribution in [-0.4, -0.2) is 71.5 Å². The summed E-state index contributed by atoms with van der Waals surface area (Å²) in [5.74, 6) is 1.52. The van der Waals surface area contributed by atoms with Crippen LogP contribution in [0.1, 0.15) is 52.7 Å². The Morgan fingerprint density at radius 1 is 0.458 bits per heavy atom. The van der Waals surface area contributed by atoms with Crippen LogP contribution in [0.25, 0.3) is 44.8 Å². The number of methoxy groups -OCH3 is 2. The van der Waals surface area contributed by atoms with Crippen LogP contribution >= 0.6 is 0 Å². The summed E-state index contributed by atoms with van der Waals surface area (Å²) >= 11 is 0. The molecule has 258 valence electrons. The number of benzene rings is 4. The van der Waals surface area contributed by atoms with E-state index in [0.717, 1.165) is 55.3 Å². The smallest absolute Gasteiger partial charge is 0.496 e. The lowest BCUT2D eigenvalue weighted by Gasteiger charge is -2.25. The molecule has 0 aromatic heterocycles. The molecule has 0 heterocycles. The van der Waals surface area contributed by atoms with Gasteiger partial charge < -0.3 is 36.0 Å². The molecule has 0 spiro atoms. The van der Waals surface area contributed by atoms with Gasteiger partial charge in [-0.25, -0.2) is 0 Å². The molecule has 0 aliphatic carbocycles. The highest BCUT2D eigenvalue weighted by molar-refractivity contribution is 6.67. The highest BCUT2D eigenvalue weighted by atomic mass is 28.4. The van der Waals surface area contributed by atoms with Crippen LogP contribution in [0, 0.1) is 0 Å². The normalized spacial score (nSPS) is 12.6. The van der Waals surface area contributed by atoms with Gasteiger partial charge in [0.1, 0.15) is 11.5 Å². The van der Waals surface area contributed by atoms with Gasteiger partial charge in [-0.2, -0.15) is 0 Å². The fraction of sp³-hybridized carbons (Fsp3) is 0.368. The van der Waals surface area contributed by atoms with Gasteiger partial charge in [0.15, 0.2) is 0 Å². The van der Waals surface area contributed by atoms with E-state index in [9.17, 15) is 0 Å². The molecule has 0 radical (unpaired) electrons. The number of hydrogen-bond acceptors (Lipinski definition) is 8. The van der Waals surface area contributed by atoms with Crippen molar-refractivity contribution < 1.29 is 36.0 Å². The molecule has 0 aliphatic rings. The number of ether oxygens (including phenoxy) is 2. The minimum atomic E-state index is -2.94. The molecule has 0 N–H and O–H groups in total. The van der Waals surface area contributed by atoms with Crippen molar-refractivity contribution in [2.75, 3.05) is 53.9 Å². The van der Waals surface area contributed by atoms with Gasteiger partial charge in [0.25, 0.3) is 0 Å². The van der Waals surface area contributed by atoms with Gasteiger partial charge in [-0.3, -0.25) is 0 Å². The molecular weight excluding hydrogens is 641 g/mol. The highest BCUT2D eigenvalue weighted by Gasteiger charge is 2.38. The van der Waals surface area contributed by atoms with Crippen molar-refractivity contribution >= 4 is 51.3 Å². The van der Waals surface area contributed by atoms with Crippen LogP contribution in [0.3, 0.4) is 0 Å². The van der Waals surface area contributed by atoms with E-state index >= 15 is 0 Å². The lowest BCUT2D eigenvalue weighted by molar-refractivity contribution is 0.0837. The van der Waals surface area contributed by atoms with Gasteiger partial charge >= 0.3 is 17.6 Å². The van der Waals surface area contributed by atoms with E-state index < -0.39 is 17.6 Å². The van der Waals surface area contributed by atoms with Crippen LogP contribution in [0.2, 0.25) is 0 Å². The first-order valence-electron chi connectivity index (χ1n) is 16.8. The first-order valence-corrected chi connectivity index (χ1v) is 20.4. The van der Waals surface area contributed by atoms with E-state index in [1.54, 1.807) is 14.2 Å². The van der Waals surface area contributed by atoms with Crippen molar-refractivity contribution in [3.8, 4) is 22.6 Å². The summed E-state index contributed by atoms with van der Waals surface area (Å²) in [4.78, 5) is 0. The van der Waals surface area contributed by atoms with Gasteiger partial charge in [0.2, 0.25) is 0 Å². The van der Waals surface area contributed by atoms with Crippen molar-refractivity contribution in [3.05, 3.63) is 83.2 Å². The summed E-state index contributed by atoms with van der Waals surface area (Å²) in [6, 6.07) is 21.0. The Balaban J connectivity index is 1.83. The first kappa shape index (κ1) is 37.5. The van der Waals surface area contributed by atoms with Crippen LogP contribution in [-0.2, 0) is 26.6 Å². The Hall–Kier alpha value is -3.33. The maximum Gasteiger partial charge on any atom is 0.529 e. The van der Waals surface area contributed by atoms with Crippen molar-refractivity contribution in [3.63, 3.8) is 0 Å². The lowest BCUT2D eigenvalue weighted by Crippen LogP contribution is -2.44. The SMILES string of the molecule is CCO[Si](/C=C/c1ccc2c(-c3c(OC)ccc4cc(/C=C/[Si](OCC)(OCC)OCC)ccc34)c(OC)ccc2c1)(OCC)OCC. The molecule has 0 bridgehead atoms. The van der Waals surface area contributed by atoms with Gasteiger partial charge in [-0.15, -0.1) is 0 Å². The van der Waals surface area contributed by atoms with Crippen molar-refractivity contribution in [1.82, 2.24) is 0 Å². The second-order valence-corrected chi connectivity index (χ2v) is 15.5. The second kappa shape index (κ2) is 17.9. The predicted octanol–water partition coefficient (Wildman–Crippen LogP) is 8.88. The molecule has 0 amide bonds. The molecule has 0 saturated carbocycles. The summed E-state index contributed by atoms with van der Waals surface area (Å²) in [5, 5.41) is 4.22. The molecule has 10 heteroatoms. The van der Waals surface area contributed by atoms with Crippen LogP contribution in [0.4, 0.5) is 0 Å². The Labute approximate surface area is 287 Å². The molecule has 0 fully saturated rings. The average molecular weight is 691 g/mol. The van der Waals surface area contributed by atoms with Gasteiger partial charge in [0, 0.05) is 50.8 Å². The molecular formula is C38H50O8Si2. The Kier molecular flexibility index (Phi) is 14.0. The second-order valence-electron chi connectivity index (χ2n) is 10.7. The summed E-state index contributed by atoms with van der Waals surface area (Å²) < 4.78 is 48.1. The molecule has 4 aromatic carbocycles. The first-order chi connectivity index (χ1) is 23.4. The third-order valence-corrected chi connectivity index (χ3v) is 13.0. The van der Waals surface area contributed by atoms with E-state index in [1.165, 1.54) is 0 Å². The fourth-order valence-electron chi connectivity index (χ4n) is 5.86. The van der Waals surface area contributed by atoms with Crippen LogP contribution < -0.4 is 9.47 Å². The Morgan fingerprint density at radius 2 is 0.792 bits per heavy atom. The number of hydrogen-bond donors (Lipinski definition) is 0. The predicted molar refractivity (Wildman–Crippen MR) is 199 cm³/mol. The minimum Gasteiger partial charge on any atom is -0.496 e. The van der Waals surface area contributed by atoms with E-state index in [0.29, 0.717) is 39.6 Å². The van der Waals surface area contributed by atoms with Crippen LogP contribution in [0.5, 0.6) is 11.5 Å². The topological polar surface area (TPSA) is 73.8 Å². The zero-order valence-electron chi connectivity index (χ0n) is 29.6. The van der Waals surface area contributed by atoms with Gasteiger partial charge in [0.05, 0.1) is 14.2 Å². The summed E-state index contributed by atoms with van der Waals surface area (Å²) in [6.07, 6.45) is 4.06. The van der Waals surface area contributed by atoms with Crippen molar-refractivity contribution in [2.24, 2.45) is 0 Å². The number of rotatable bonds is 19. The van der Waals surface area contributed by atoms with E-state index in [1.807, 2.05) is 77.2 Å². The van der Waals surface area contributed by atoms with E-state index in [2.05, 4.69) is 48.5 Å².